The van der Waals surface area contributed by atoms with Crippen molar-refractivity contribution in [3.05, 3.63) is 71.8 Å². The third-order valence-corrected chi connectivity index (χ3v) is 5.04. The minimum absolute atomic E-state index is 0.0387. The van der Waals surface area contributed by atoms with Crippen molar-refractivity contribution in [3.63, 3.8) is 0 Å². The summed E-state index contributed by atoms with van der Waals surface area (Å²) in [5.41, 5.74) is 2.10. The van der Waals surface area contributed by atoms with Crippen molar-refractivity contribution in [3.8, 4) is 0 Å². The van der Waals surface area contributed by atoms with E-state index in [9.17, 15) is 4.79 Å². The highest BCUT2D eigenvalue weighted by Crippen LogP contribution is 2.51. The highest BCUT2D eigenvalue weighted by molar-refractivity contribution is 5.95. The number of carbonyl (C=O) groups is 1. The van der Waals surface area contributed by atoms with Crippen LogP contribution in [0.5, 0.6) is 0 Å². The predicted molar refractivity (Wildman–Crippen MR) is 83.3 cm³/mol. The first-order chi connectivity index (χ1) is 10.2. The Balaban J connectivity index is 1.51. The standard InChI is InChI=1S/C19H19NO/c1-12(13-5-3-2-4-6-13)20-19(21)17-11-15-8-7-14-9-10-16(17)18(14)15/h2-12,14-16,18H,1H3,(H,20,21)/t12-,14+,15-,16-,18+/m1/s1. The zero-order valence-electron chi connectivity index (χ0n) is 12.1. The van der Waals surface area contributed by atoms with Gasteiger partial charge >= 0.3 is 0 Å². The molecule has 21 heavy (non-hydrogen) atoms. The molecular weight excluding hydrogens is 258 g/mol. The number of nitrogens with one attached hydrogen (secondary N) is 1. The Morgan fingerprint density at radius 3 is 2.57 bits per heavy atom. The molecule has 0 unspecified atom stereocenters. The molecule has 0 aliphatic heterocycles. The first kappa shape index (κ1) is 12.6. The highest BCUT2D eigenvalue weighted by atomic mass is 16.1. The minimum Gasteiger partial charge on any atom is -0.346 e. The maximum Gasteiger partial charge on any atom is 0.247 e. The summed E-state index contributed by atoms with van der Waals surface area (Å²) in [6.45, 7) is 2.04. The Kier molecular flexibility index (Phi) is 2.85. The molecule has 0 bridgehead atoms. The van der Waals surface area contributed by atoms with Crippen LogP contribution in [-0.2, 0) is 4.79 Å². The normalized spacial score (nSPS) is 32.9. The third-order valence-electron chi connectivity index (χ3n) is 5.04. The van der Waals surface area contributed by atoms with E-state index >= 15 is 0 Å². The van der Waals surface area contributed by atoms with E-state index in [4.69, 9.17) is 0 Å². The van der Waals surface area contributed by atoms with Crippen molar-refractivity contribution in [1.29, 1.82) is 0 Å². The summed E-state index contributed by atoms with van der Waals surface area (Å²) in [6, 6.07) is 10.2. The van der Waals surface area contributed by atoms with E-state index in [1.54, 1.807) is 0 Å². The van der Waals surface area contributed by atoms with Gasteiger partial charge in [-0.2, -0.15) is 0 Å². The van der Waals surface area contributed by atoms with Crippen molar-refractivity contribution < 1.29 is 4.79 Å². The molecule has 3 aliphatic carbocycles. The van der Waals surface area contributed by atoms with Gasteiger partial charge in [0, 0.05) is 17.4 Å². The summed E-state index contributed by atoms with van der Waals surface area (Å²) in [6.07, 6.45) is 11.2. The molecule has 1 aromatic rings. The number of amides is 1. The van der Waals surface area contributed by atoms with E-state index in [-0.39, 0.29) is 11.9 Å². The van der Waals surface area contributed by atoms with E-state index in [1.165, 1.54) is 0 Å². The number of carbonyl (C=O) groups excluding carboxylic acids is 1. The van der Waals surface area contributed by atoms with E-state index in [0.717, 1.165) is 11.1 Å². The fourth-order valence-electron chi connectivity index (χ4n) is 3.95. The Morgan fingerprint density at radius 2 is 1.76 bits per heavy atom. The maximum atomic E-state index is 12.6. The zero-order valence-corrected chi connectivity index (χ0v) is 12.1. The molecule has 0 aromatic heterocycles. The molecule has 1 N–H and O–H groups in total. The number of hydrogen-bond acceptors (Lipinski definition) is 1. The molecule has 4 rings (SSSR count). The lowest BCUT2D eigenvalue weighted by Gasteiger charge is -2.19. The van der Waals surface area contributed by atoms with E-state index in [1.807, 2.05) is 25.1 Å². The summed E-state index contributed by atoms with van der Waals surface area (Å²) in [7, 11) is 0. The van der Waals surface area contributed by atoms with Crippen LogP contribution >= 0.6 is 0 Å². The SMILES string of the molecule is C[C@@H](NC(=O)C1=C[C@H]2C=C[C@H]3C=C[C@H]1[C@@H]32)c1ccccc1. The molecule has 0 saturated carbocycles. The van der Waals surface area contributed by atoms with Gasteiger partial charge in [-0.15, -0.1) is 0 Å². The van der Waals surface area contributed by atoms with Gasteiger partial charge < -0.3 is 5.32 Å². The molecule has 5 atom stereocenters. The maximum absolute atomic E-state index is 12.6. The lowest BCUT2D eigenvalue weighted by molar-refractivity contribution is -0.118. The van der Waals surface area contributed by atoms with Crippen LogP contribution in [0.2, 0.25) is 0 Å². The molecule has 0 spiro atoms. The average Bonchev–Trinajstić information content (AvgIpc) is 3.17. The second-order valence-corrected chi connectivity index (χ2v) is 6.26. The Morgan fingerprint density at radius 1 is 1.05 bits per heavy atom. The molecule has 0 heterocycles. The molecule has 3 aliphatic rings. The molecule has 106 valence electrons. The van der Waals surface area contributed by atoms with Crippen molar-refractivity contribution in [1.82, 2.24) is 5.32 Å². The molecular formula is C19H19NO. The number of allylic oxidation sites excluding steroid dienone is 5. The highest BCUT2D eigenvalue weighted by Gasteiger charge is 2.45. The van der Waals surface area contributed by atoms with Gasteiger partial charge in [-0.3, -0.25) is 4.79 Å². The van der Waals surface area contributed by atoms with Gasteiger partial charge in [0.1, 0.15) is 0 Å². The third kappa shape index (κ3) is 1.98. The molecule has 1 amide bonds. The van der Waals surface area contributed by atoms with Crippen molar-refractivity contribution in [2.45, 2.75) is 13.0 Å². The van der Waals surface area contributed by atoms with Gasteiger partial charge in [-0.25, -0.2) is 0 Å². The zero-order chi connectivity index (χ0) is 14.4. The fourth-order valence-corrected chi connectivity index (χ4v) is 3.95. The van der Waals surface area contributed by atoms with Gasteiger partial charge in [0.25, 0.3) is 0 Å². The van der Waals surface area contributed by atoms with Crippen LogP contribution in [-0.4, -0.2) is 5.91 Å². The number of benzene rings is 1. The second-order valence-electron chi connectivity index (χ2n) is 6.26. The van der Waals surface area contributed by atoms with E-state index in [0.29, 0.717) is 23.7 Å². The van der Waals surface area contributed by atoms with E-state index < -0.39 is 0 Å². The molecule has 0 saturated heterocycles. The smallest absolute Gasteiger partial charge is 0.247 e. The van der Waals surface area contributed by atoms with Gasteiger partial charge in [0.05, 0.1) is 6.04 Å². The van der Waals surface area contributed by atoms with Gasteiger partial charge in [0.2, 0.25) is 5.91 Å². The summed E-state index contributed by atoms with van der Waals surface area (Å²) >= 11 is 0. The lowest BCUT2D eigenvalue weighted by atomic mass is 9.87. The largest absolute Gasteiger partial charge is 0.346 e. The van der Waals surface area contributed by atoms with Crippen LogP contribution in [0.1, 0.15) is 18.5 Å². The molecule has 2 heteroatoms. The summed E-state index contributed by atoms with van der Waals surface area (Å²) in [4.78, 5) is 12.6. The summed E-state index contributed by atoms with van der Waals surface area (Å²) in [5, 5.41) is 3.15. The van der Waals surface area contributed by atoms with Gasteiger partial charge in [-0.1, -0.05) is 60.7 Å². The van der Waals surface area contributed by atoms with Gasteiger partial charge in [-0.05, 0) is 24.3 Å². The van der Waals surface area contributed by atoms with Crippen LogP contribution in [0.25, 0.3) is 0 Å². The topological polar surface area (TPSA) is 29.1 Å². The summed E-state index contributed by atoms with van der Waals surface area (Å²) < 4.78 is 0. The van der Waals surface area contributed by atoms with Crippen molar-refractivity contribution in [2.24, 2.45) is 23.7 Å². The fraction of sp³-hybridized carbons (Fsp3) is 0.316. The Bertz CT molecular complexity index is 655. The molecule has 1 aromatic carbocycles. The molecule has 2 nitrogen and oxygen atoms in total. The Labute approximate surface area is 125 Å². The van der Waals surface area contributed by atoms with Crippen LogP contribution in [0.4, 0.5) is 0 Å². The van der Waals surface area contributed by atoms with Crippen LogP contribution in [0, 0.1) is 23.7 Å². The predicted octanol–water partition coefficient (Wildman–Crippen LogP) is 3.41. The first-order valence-electron chi connectivity index (χ1n) is 7.68. The molecule has 0 fully saturated rings. The van der Waals surface area contributed by atoms with Gasteiger partial charge in [0.15, 0.2) is 0 Å². The van der Waals surface area contributed by atoms with Crippen LogP contribution < -0.4 is 5.32 Å². The van der Waals surface area contributed by atoms with Crippen molar-refractivity contribution in [2.75, 3.05) is 0 Å². The average molecular weight is 277 g/mol. The first-order valence-corrected chi connectivity index (χ1v) is 7.68. The van der Waals surface area contributed by atoms with Crippen LogP contribution in [0.3, 0.4) is 0 Å². The number of hydrogen-bond donors (Lipinski definition) is 1. The molecule has 0 radical (unpaired) electrons. The minimum atomic E-state index is 0.0387. The second kappa shape index (κ2) is 4.73. The lowest BCUT2D eigenvalue weighted by Crippen LogP contribution is -2.30. The Hall–Kier alpha value is -2.09. The van der Waals surface area contributed by atoms with E-state index in [2.05, 4.69) is 47.8 Å². The monoisotopic (exact) mass is 277 g/mol. The van der Waals surface area contributed by atoms with Crippen LogP contribution in [0.15, 0.2) is 66.3 Å². The van der Waals surface area contributed by atoms with Crippen molar-refractivity contribution >= 4 is 5.91 Å². The quantitative estimate of drug-likeness (QED) is 0.843. The number of rotatable bonds is 3. The summed E-state index contributed by atoms with van der Waals surface area (Å²) in [5.74, 6) is 1.94.